The zero-order chi connectivity index (χ0) is 28.4. The molecule has 2 aromatic carbocycles. The summed E-state index contributed by atoms with van der Waals surface area (Å²) in [6.07, 6.45) is 5.38. The number of rotatable bonds is 7. The van der Waals surface area contributed by atoms with E-state index in [9.17, 15) is 18.4 Å². The molecule has 1 spiro atoms. The molecule has 0 aliphatic carbocycles. The third-order valence-corrected chi connectivity index (χ3v) is 9.34. The molecule has 40 heavy (non-hydrogen) atoms. The minimum absolute atomic E-state index is 0.0855. The van der Waals surface area contributed by atoms with Crippen LogP contribution in [-0.2, 0) is 11.3 Å². The van der Waals surface area contributed by atoms with Crippen LogP contribution in [0.5, 0.6) is 0 Å². The fourth-order valence-electron chi connectivity index (χ4n) is 7.00. The predicted octanol–water partition coefficient (Wildman–Crippen LogP) is 6.23. The van der Waals surface area contributed by atoms with Crippen LogP contribution >= 0.6 is 0 Å². The second-order valence-electron chi connectivity index (χ2n) is 11.7. The van der Waals surface area contributed by atoms with Crippen molar-refractivity contribution in [3.63, 3.8) is 0 Å². The lowest BCUT2D eigenvalue weighted by Gasteiger charge is -2.46. The Morgan fingerprint density at radius 1 is 0.975 bits per heavy atom. The number of amides is 2. The number of ether oxygens (including phenoxy) is 1. The quantitative estimate of drug-likeness (QED) is 0.408. The molecule has 1 atom stereocenters. The number of halogens is 2. The minimum atomic E-state index is -0.639. The summed E-state index contributed by atoms with van der Waals surface area (Å²) >= 11 is 0. The van der Waals surface area contributed by atoms with Gasteiger partial charge >= 0.3 is 6.09 Å². The van der Waals surface area contributed by atoms with Gasteiger partial charge in [0, 0.05) is 56.2 Å². The lowest BCUT2D eigenvalue weighted by atomic mass is 9.81. The van der Waals surface area contributed by atoms with Gasteiger partial charge in [0.15, 0.2) is 0 Å². The summed E-state index contributed by atoms with van der Waals surface area (Å²) in [7, 11) is 0. The summed E-state index contributed by atoms with van der Waals surface area (Å²) in [4.78, 5) is 32.4. The maximum Gasteiger partial charge on any atom is 0.411 e. The molecule has 3 aliphatic rings. The van der Waals surface area contributed by atoms with Gasteiger partial charge in [-0.05, 0) is 56.4 Å². The normalized spacial score (nSPS) is 21.7. The molecule has 216 valence electrons. The van der Waals surface area contributed by atoms with E-state index in [0.717, 1.165) is 75.0 Å². The highest BCUT2D eigenvalue weighted by molar-refractivity contribution is 5.97. The number of unbranched alkanes of at least 4 members (excludes halogenated alkanes) is 1. The molecule has 0 aromatic heterocycles. The van der Waals surface area contributed by atoms with Crippen LogP contribution in [0.1, 0.15) is 78.9 Å². The van der Waals surface area contributed by atoms with Gasteiger partial charge in [-0.15, -0.1) is 0 Å². The maximum absolute atomic E-state index is 14.5. The molecule has 3 heterocycles. The second kappa shape index (κ2) is 11.9. The number of carbonyl (C=O) groups is 2. The van der Waals surface area contributed by atoms with Gasteiger partial charge in [-0.25, -0.2) is 13.6 Å². The van der Waals surface area contributed by atoms with Crippen LogP contribution in [0, 0.1) is 25.5 Å². The average Bonchev–Trinajstić information content (AvgIpc) is 3.19. The maximum atomic E-state index is 14.5. The van der Waals surface area contributed by atoms with Crippen molar-refractivity contribution in [3.8, 4) is 0 Å². The van der Waals surface area contributed by atoms with E-state index in [1.54, 1.807) is 4.90 Å². The SMILES string of the molecule is CCCCC1N(Cc2c(F)cccc2F)C(=O)OC12CCN(C1CCN(C(=O)c3c(C)cccc3C)CC1)CC2. The predicted molar refractivity (Wildman–Crippen MR) is 150 cm³/mol. The molecule has 0 bridgehead atoms. The van der Waals surface area contributed by atoms with E-state index in [-0.39, 0.29) is 24.1 Å². The van der Waals surface area contributed by atoms with Crippen LogP contribution in [0.25, 0.3) is 0 Å². The summed E-state index contributed by atoms with van der Waals surface area (Å²) in [5.74, 6) is -1.16. The minimum Gasteiger partial charge on any atom is -0.440 e. The van der Waals surface area contributed by atoms with Crippen molar-refractivity contribution in [1.29, 1.82) is 0 Å². The van der Waals surface area contributed by atoms with Gasteiger partial charge in [-0.2, -0.15) is 0 Å². The van der Waals surface area contributed by atoms with Crippen molar-refractivity contribution in [2.75, 3.05) is 26.2 Å². The standard InChI is InChI=1S/C32H41F2N3O3/c1-4-5-12-28-32(40-31(39)37(28)21-25-26(33)10-7-11-27(25)34)15-19-35(20-16-32)24-13-17-36(18-14-24)30(38)29-22(2)8-6-9-23(29)3/h6-11,24,28H,4-5,12-21H2,1-3H3. The van der Waals surface area contributed by atoms with E-state index in [1.807, 2.05) is 36.9 Å². The Kier molecular flexibility index (Phi) is 8.45. The van der Waals surface area contributed by atoms with Crippen molar-refractivity contribution in [3.05, 3.63) is 70.3 Å². The van der Waals surface area contributed by atoms with E-state index < -0.39 is 23.3 Å². The van der Waals surface area contributed by atoms with Gasteiger partial charge in [0.2, 0.25) is 0 Å². The van der Waals surface area contributed by atoms with Gasteiger partial charge in [0.1, 0.15) is 17.2 Å². The molecule has 3 saturated heterocycles. The smallest absolute Gasteiger partial charge is 0.411 e. The number of piperidine rings is 2. The Balaban J connectivity index is 1.22. The summed E-state index contributed by atoms with van der Waals surface area (Å²) in [5, 5.41) is 0. The van der Waals surface area contributed by atoms with Crippen LogP contribution in [0.3, 0.4) is 0 Å². The van der Waals surface area contributed by atoms with Crippen molar-refractivity contribution >= 4 is 12.0 Å². The van der Waals surface area contributed by atoms with E-state index in [4.69, 9.17) is 4.74 Å². The van der Waals surface area contributed by atoms with Gasteiger partial charge in [0.25, 0.3) is 5.91 Å². The summed E-state index contributed by atoms with van der Waals surface area (Å²) in [6, 6.07) is 9.95. The summed E-state index contributed by atoms with van der Waals surface area (Å²) in [6.45, 7) is 9.03. The number of likely N-dealkylation sites (tertiary alicyclic amines) is 2. The van der Waals surface area contributed by atoms with E-state index in [2.05, 4.69) is 11.8 Å². The third-order valence-electron chi connectivity index (χ3n) is 9.34. The first-order valence-electron chi connectivity index (χ1n) is 14.8. The first-order chi connectivity index (χ1) is 19.2. The Morgan fingerprint density at radius 3 is 2.17 bits per heavy atom. The first-order valence-corrected chi connectivity index (χ1v) is 14.8. The molecule has 3 aliphatic heterocycles. The highest BCUT2D eigenvalue weighted by atomic mass is 19.1. The third kappa shape index (κ3) is 5.47. The summed E-state index contributed by atoms with van der Waals surface area (Å²) < 4.78 is 35.0. The fourth-order valence-corrected chi connectivity index (χ4v) is 7.00. The lowest BCUT2D eigenvalue weighted by Crippen LogP contribution is -2.56. The van der Waals surface area contributed by atoms with Gasteiger partial charge in [0.05, 0.1) is 12.6 Å². The van der Waals surface area contributed by atoms with Crippen molar-refractivity contribution in [2.24, 2.45) is 0 Å². The lowest BCUT2D eigenvalue weighted by molar-refractivity contribution is -0.0384. The zero-order valence-corrected chi connectivity index (χ0v) is 23.9. The monoisotopic (exact) mass is 553 g/mol. The molecule has 6 nitrogen and oxygen atoms in total. The highest BCUT2D eigenvalue weighted by Gasteiger charge is 2.55. The Morgan fingerprint density at radius 2 is 1.57 bits per heavy atom. The van der Waals surface area contributed by atoms with E-state index in [0.29, 0.717) is 18.9 Å². The van der Waals surface area contributed by atoms with Crippen LogP contribution in [0.15, 0.2) is 36.4 Å². The molecule has 0 N–H and O–H groups in total. The van der Waals surface area contributed by atoms with Crippen molar-refractivity contribution in [1.82, 2.24) is 14.7 Å². The topological polar surface area (TPSA) is 53.1 Å². The molecule has 2 aromatic rings. The molecule has 2 amide bonds. The van der Waals surface area contributed by atoms with Gasteiger partial charge in [-0.3, -0.25) is 14.6 Å². The van der Waals surface area contributed by atoms with Crippen molar-refractivity contribution in [2.45, 2.75) is 89.9 Å². The molecular formula is C32H41F2N3O3. The Labute approximate surface area is 236 Å². The number of aryl methyl sites for hydroxylation is 2. The number of nitrogens with zero attached hydrogens (tertiary/aromatic N) is 3. The van der Waals surface area contributed by atoms with Crippen LogP contribution in [0.4, 0.5) is 13.6 Å². The molecule has 3 fully saturated rings. The molecular weight excluding hydrogens is 512 g/mol. The molecule has 1 unspecified atom stereocenters. The van der Waals surface area contributed by atoms with Crippen molar-refractivity contribution < 1.29 is 23.1 Å². The van der Waals surface area contributed by atoms with E-state index >= 15 is 0 Å². The number of carbonyl (C=O) groups excluding carboxylic acids is 2. The fraction of sp³-hybridized carbons (Fsp3) is 0.562. The largest absolute Gasteiger partial charge is 0.440 e. The Bertz CT molecular complexity index is 1200. The van der Waals surface area contributed by atoms with Gasteiger partial charge in [-0.1, -0.05) is 44.0 Å². The second-order valence-corrected chi connectivity index (χ2v) is 11.7. The van der Waals surface area contributed by atoms with Gasteiger partial charge < -0.3 is 9.64 Å². The molecule has 0 radical (unpaired) electrons. The van der Waals surface area contributed by atoms with Crippen LogP contribution < -0.4 is 0 Å². The number of hydrogen-bond acceptors (Lipinski definition) is 4. The first kappa shape index (κ1) is 28.5. The number of hydrogen-bond donors (Lipinski definition) is 0. The number of benzene rings is 2. The molecule has 0 saturated carbocycles. The summed E-state index contributed by atoms with van der Waals surface area (Å²) in [5.41, 5.74) is 2.14. The molecule has 5 rings (SSSR count). The van der Waals surface area contributed by atoms with E-state index in [1.165, 1.54) is 18.2 Å². The molecule has 8 heteroatoms. The highest BCUT2D eigenvalue weighted by Crippen LogP contribution is 2.42. The zero-order valence-electron chi connectivity index (χ0n) is 23.9. The average molecular weight is 554 g/mol. The van der Waals surface area contributed by atoms with Crippen LogP contribution in [-0.4, -0.2) is 70.6 Å². The Hall–Kier alpha value is -3.00. The van der Waals surface area contributed by atoms with Crippen LogP contribution in [0.2, 0.25) is 0 Å².